The minimum atomic E-state index is -4.33. The Labute approximate surface area is 120 Å². The summed E-state index contributed by atoms with van der Waals surface area (Å²) < 4.78 is 43.3. The van der Waals surface area contributed by atoms with Crippen molar-refractivity contribution in [1.29, 1.82) is 0 Å². The van der Waals surface area contributed by atoms with Crippen molar-refractivity contribution in [2.24, 2.45) is 11.7 Å². The zero-order valence-corrected chi connectivity index (χ0v) is 11.3. The van der Waals surface area contributed by atoms with Gasteiger partial charge in [-0.3, -0.25) is 0 Å². The van der Waals surface area contributed by atoms with Crippen molar-refractivity contribution in [3.05, 3.63) is 41.3 Å². The highest BCUT2D eigenvalue weighted by Gasteiger charge is 2.30. The van der Waals surface area contributed by atoms with Crippen LogP contribution in [-0.2, 0) is 19.0 Å². The van der Waals surface area contributed by atoms with Gasteiger partial charge in [0.15, 0.2) is 0 Å². The van der Waals surface area contributed by atoms with E-state index in [9.17, 15) is 13.2 Å². The van der Waals surface area contributed by atoms with Gasteiger partial charge in [0.2, 0.25) is 5.89 Å². The standard InChI is InChI=1S/C15H15F3N2O/c16-15(17,18)11-4-2-10(3-5-11)14-20-12-7-9(8-19)1-6-13(12)21-14/h2-5,9H,1,6-8,19H2. The number of rotatable bonds is 2. The van der Waals surface area contributed by atoms with Gasteiger partial charge in [0.1, 0.15) is 5.76 Å². The van der Waals surface area contributed by atoms with Crippen LogP contribution >= 0.6 is 0 Å². The summed E-state index contributed by atoms with van der Waals surface area (Å²) in [5.74, 6) is 1.61. The average Bonchev–Trinajstić information content (AvgIpc) is 2.89. The molecule has 6 heteroatoms. The summed E-state index contributed by atoms with van der Waals surface area (Å²) in [5, 5.41) is 0. The molecule has 112 valence electrons. The molecule has 1 aromatic heterocycles. The maximum Gasteiger partial charge on any atom is 0.416 e. The highest BCUT2D eigenvalue weighted by Crippen LogP contribution is 2.33. The van der Waals surface area contributed by atoms with E-state index in [0.717, 1.165) is 42.8 Å². The Hall–Kier alpha value is -1.82. The molecule has 1 unspecified atom stereocenters. The number of nitrogens with zero attached hydrogens (tertiary/aromatic N) is 1. The van der Waals surface area contributed by atoms with Gasteiger partial charge in [-0.2, -0.15) is 13.2 Å². The van der Waals surface area contributed by atoms with Crippen LogP contribution in [0.1, 0.15) is 23.4 Å². The van der Waals surface area contributed by atoms with E-state index in [0.29, 0.717) is 23.9 Å². The van der Waals surface area contributed by atoms with Crippen molar-refractivity contribution >= 4 is 0 Å². The predicted octanol–water partition coefficient (Wildman–Crippen LogP) is 3.42. The van der Waals surface area contributed by atoms with Crippen molar-refractivity contribution in [1.82, 2.24) is 4.98 Å². The number of aryl methyl sites for hydroxylation is 1. The third-order valence-corrected chi connectivity index (χ3v) is 3.83. The lowest BCUT2D eigenvalue weighted by molar-refractivity contribution is -0.137. The number of hydrogen-bond acceptors (Lipinski definition) is 3. The first kappa shape index (κ1) is 14.1. The van der Waals surface area contributed by atoms with Crippen LogP contribution in [0.25, 0.3) is 11.5 Å². The number of nitrogens with two attached hydrogens (primary N) is 1. The molecule has 21 heavy (non-hydrogen) atoms. The highest BCUT2D eigenvalue weighted by atomic mass is 19.4. The van der Waals surface area contributed by atoms with Crippen LogP contribution in [0, 0.1) is 5.92 Å². The lowest BCUT2D eigenvalue weighted by Crippen LogP contribution is -2.21. The van der Waals surface area contributed by atoms with E-state index in [1.54, 1.807) is 0 Å². The quantitative estimate of drug-likeness (QED) is 0.923. The molecule has 1 aliphatic carbocycles. The van der Waals surface area contributed by atoms with Gasteiger partial charge in [-0.1, -0.05) is 0 Å². The normalized spacial score (nSPS) is 18.6. The van der Waals surface area contributed by atoms with Crippen molar-refractivity contribution in [2.45, 2.75) is 25.4 Å². The summed E-state index contributed by atoms with van der Waals surface area (Å²) in [4.78, 5) is 4.41. The van der Waals surface area contributed by atoms with Crippen molar-refractivity contribution in [3.63, 3.8) is 0 Å². The molecule has 0 spiro atoms. The lowest BCUT2D eigenvalue weighted by atomic mass is 9.90. The first-order chi connectivity index (χ1) is 9.97. The molecule has 0 bridgehead atoms. The second kappa shape index (κ2) is 5.18. The topological polar surface area (TPSA) is 52.0 Å². The fourth-order valence-electron chi connectivity index (χ4n) is 2.58. The fourth-order valence-corrected chi connectivity index (χ4v) is 2.58. The maximum atomic E-state index is 12.5. The molecule has 2 aromatic rings. The predicted molar refractivity (Wildman–Crippen MR) is 71.5 cm³/mol. The van der Waals surface area contributed by atoms with E-state index in [1.165, 1.54) is 12.1 Å². The van der Waals surface area contributed by atoms with E-state index < -0.39 is 11.7 Å². The summed E-state index contributed by atoms with van der Waals surface area (Å²) in [6, 6.07) is 4.86. The molecular weight excluding hydrogens is 281 g/mol. The molecule has 3 nitrogen and oxygen atoms in total. The van der Waals surface area contributed by atoms with Crippen LogP contribution in [-0.4, -0.2) is 11.5 Å². The van der Waals surface area contributed by atoms with Crippen LogP contribution in [0.2, 0.25) is 0 Å². The Kier molecular flexibility index (Phi) is 3.49. The van der Waals surface area contributed by atoms with Gasteiger partial charge in [0, 0.05) is 12.0 Å². The summed E-state index contributed by atoms with van der Waals surface area (Å²) in [6.45, 7) is 0.613. The van der Waals surface area contributed by atoms with Gasteiger partial charge in [0.25, 0.3) is 0 Å². The highest BCUT2D eigenvalue weighted by molar-refractivity contribution is 5.54. The zero-order valence-electron chi connectivity index (χ0n) is 11.3. The summed E-state index contributed by atoms with van der Waals surface area (Å²) in [5.41, 5.74) is 6.43. The van der Waals surface area contributed by atoms with Crippen molar-refractivity contribution in [2.75, 3.05) is 6.54 Å². The van der Waals surface area contributed by atoms with Gasteiger partial charge in [-0.15, -0.1) is 0 Å². The molecule has 0 aliphatic heterocycles. The van der Waals surface area contributed by atoms with Crippen molar-refractivity contribution in [3.8, 4) is 11.5 Å². The van der Waals surface area contributed by atoms with Crippen LogP contribution in [0.15, 0.2) is 28.7 Å². The third-order valence-electron chi connectivity index (χ3n) is 3.83. The smallest absolute Gasteiger partial charge is 0.416 e. The van der Waals surface area contributed by atoms with Crippen LogP contribution in [0.5, 0.6) is 0 Å². The van der Waals surface area contributed by atoms with Gasteiger partial charge < -0.3 is 10.2 Å². The van der Waals surface area contributed by atoms with E-state index in [-0.39, 0.29) is 0 Å². The summed E-state index contributed by atoms with van der Waals surface area (Å²) >= 11 is 0. The lowest BCUT2D eigenvalue weighted by Gasteiger charge is -2.17. The summed E-state index contributed by atoms with van der Waals surface area (Å²) in [6.07, 6.45) is -1.81. The SMILES string of the molecule is NCC1CCc2oc(-c3ccc(C(F)(F)F)cc3)nc2C1. The molecule has 0 saturated carbocycles. The molecule has 0 saturated heterocycles. The largest absolute Gasteiger partial charge is 0.441 e. The van der Waals surface area contributed by atoms with Gasteiger partial charge in [0.05, 0.1) is 11.3 Å². The monoisotopic (exact) mass is 296 g/mol. The molecule has 0 fully saturated rings. The number of aromatic nitrogens is 1. The molecule has 0 radical (unpaired) electrons. The number of halogens is 3. The van der Waals surface area contributed by atoms with Gasteiger partial charge >= 0.3 is 6.18 Å². The third kappa shape index (κ3) is 2.81. The molecule has 1 aromatic carbocycles. The Morgan fingerprint density at radius 2 is 1.95 bits per heavy atom. The minimum Gasteiger partial charge on any atom is -0.441 e. The molecule has 1 atom stereocenters. The minimum absolute atomic E-state index is 0.381. The Morgan fingerprint density at radius 3 is 2.57 bits per heavy atom. The van der Waals surface area contributed by atoms with E-state index in [1.807, 2.05) is 0 Å². The van der Waals surface area contributed by atoms with Crippen LogP contribution in [0.4, 0.5) is 13.2 Å². The second-order valence-corrected chi connectivity index (χ2v) is 5.31. The fraction of sp³-hybridized carbons (Fsp3) is 0.400. The van der Waals surface area contributed by atoms with Crippen LogP contribution < -0.4 is 5.73 Å². The molecule has 1 aliphatic rings. The first-order valence-electron chi connectivity index (χ1n) is 6.83. The summed E-state index contributed by atoms with van der Waals surface area (Å²) in [7, 11) is 0. The second-order valence-electron chi connectivity index (χ2n) is 5.31. The van der Waals surface area contributed by atoms with Gasteiger partial charge in [-0.05, 0) is 49.6 Å². The molecule has 0 amide bonds. The van der Waals surface area contributed by atoms with E-state index in [2.05, 4.69) is 4.98 Å². The molecule has 2 N–H and O–H groups in total. The van der Waals surface area contributed by atoms with Gasteiger partial charge in [-0.25, -0.2) is 4.98 Å². The van der Waals surface area contributed by atoms with Crippen LogP contribution in [0.3, 0.4) is 0 Å². The first-order valence-corrected chi connectivity index (χ1v) is 6.83. The Bertz CT molecular complexity index is 631. The average molecular weight is 296 g/mol. The number of oxazole rings is 1. The molecule has 1 heterocycles. The number of alkyl halides is 3. The number of fused-ring (bicyclic) bond motifs is 1. The molecular formula is C15H15F3N2O. The number of hydrogen-bond donors (Lipinski definition) is 1. The number of benzene rings is 1. The zero-order chi connectivity index (χ0) is 15.0. The Balaban J connectivity index is 1.87. The molecule has 3 rings (SSSR count). The Morgan fingerprint density at radius 1 is 1.24 bits per heavy atom. The maximum absolute atomic E-state index is 12.5. The van der Waals surface area contributed by atoms with E-state index in [4.69, 9.17) is 10.2 Å². The van der Waals surface area contributed by atoms with Crippen molar-refractivity contribution < 1.29 is 17.6 Å². The van der Waals surface area contributed by atoms with E-state index >= 15 is 0 Å².